The van der Waals surface area contributed by atoms with Gasteiger partial charge >= 0.3 is 5.97 Å². The van der Waals surface area contributed by atoms with Gasteiger partial charge < -0.3 is 18.6 Å². The molecular formula is C25H20O6. The van der Waals surface area contributed by atoms with Crippen molar-refractivity contribution in [2.45, 2.75) is 6.92 Å². The third kappa shape index (κ3) is 3.75. The second kappa shape index (κ2) is 8.36. The number of carbonyl (C=O) groups is 1. The molecule has 0 aliphatic carbocycles. The zero-order chi connectivity index (χ0) is 22.0. The van der Waals surface area contributed by atoms with Gasteiger partial charge in [0, 0.05) is 6.07 Å². The van der Waals surface area contributed by atoms with Crippen LogP contribution in [0.4, 0.5) is 0 Å². The maximum atomic E-state index is 13.1. The monoisotopic (exact) mass is 416 g/mol. The molecule has 3 aromatic carbocycles. The first-order valence-corrected chi connectivity index (χ1v) is 9.59. The summed E-state index contributed by atoms with van der Waals surface area (Å²) >= 11 is 0. The van der Waals surface area contributed by atoms with Gasteiger partial charge in [0.1, 0.15) is 34.2 Å². The van der Waals surface area contributed by atoms with E-state index in [1.807, 2.05) is 30.3 Å². The highest BCUT2D eigenvalue weighted by molar-refractivity contribution is 5.97. The van der Waals surface area contributed by atoms with Crippen molar-refractivity contribution in [3.05, 3.63) is 88.3 Å². The summed E-state index contributed by atoms with van der Waals surface area (Å²) in [6, 6.07) is 19.0. The average Bonchev–Trinajstić information content (AvgIpc) is 2.78. The standard InChI is InChI=1S/C25H20O6/c1-15-22(16-8-5-4-6-9-16)24(26)18-13-12-17(14-21(18)30-15)31-25(27)23-19(28-2)10-7-11-20(23)29-3/h4-14H,1-3H3. The van der Waals surface area contributed by atoms with Crippen molar-refractivity contribution in [2.24, 2.45) is 0 Å². The topological polar surface area (TPSA) is 75.0 Å². The number of fused-ring (bicyclic) bond motifs is 1. The summed E-state index contributed by atoms with van der Waals surface area (Å²) in [7, 11) is 2.92. The van der Waals surface area contributed by atoms with Crippen molar-refractivity contribution in [1.82, 2.24) is 0 Å². The molecule has 0 aliphatic heterocycles. The van der Waals surface area contributed by atoms with Crippen molar-refractivity contribution in [1.29, 1.82) is 0 Å². The Balaban J connectivity index is 1.73. The summed E-state index contributed by atoms with van der Waals surface area (Å²) in [6.45, 7) is 1.74. The van der Waals surface area contributed by atoms with Crippen molar-refractivity contribution < 1.29 is 23.4 Å². The van der Waals surface area contributed by atoms with Crippen LogP contribution in [0.15, 0.2) is 75.9 Å². The van der Waals surface area contributed by atoms with Gasteiger partial charge in [-0.1, -0.05) is 36.4 Å². The van der Waals surface area contributed by atoms with Crippen LogP contribution in [0.3, 0.4) is 0 Å². The summed E-state index contributed by atoms with van der Waals surface area (Å²) in [5.74, 6) is 0.743. The van der Waals surface area contributed by atoms with Crippen molar-refractivity contribution in [2.75, 3.05) is 14.2 Å². The predicted molar refractivity (Wildman–Crippen MR) is 117 cm³/mol. The van der Waals surface area contributed by atoms with E-state index in [2.05, 4.69) is 0 Å². The molecule has 6 nitrogen and oxygen atoms in total. The Morgan fingerprint density at radius 2 is 1.55 bits per heavy atom. The molecule has 156 valence electrons. The molecule has 0 unspecified atom stereocenters. The smallest absolute Gasteiger partial charge is 0.351 e. The molecule has 0 fully saturated rings. The largest absolute Gasteiger partial charge is 0.496 e. The van der Waals surface area contributed by atoms with E-state index in [9.17, 15) is 9.59 Å². The Hall–Kier alpha value is -4.06. The van der Waals surface area contributed by atoms with Gasteiger partial charge in [0.15, 0.2) is 0 Å². The van der Waals surface area contributed by atoms with Gasteiger partial charge in [0.05, 0.1) is 25.2 Å². The van der Waals surface area contributed by atoms with Crippen LogP contribution in [0.25, 0.3) is 22.1 Å². The summed E-state index contributed by atoms with van der Waals surface area (Å²) in [5.41, 5.74) is 1.66. The van der Waals surface area contributed by atoms with Crippen LogP contribution in [0.1, 0.15) is 16.1 Å². The molecular weight excluding hydrogens is 396 g/mol. The minimum atomic E-state index is -0.645. The third-order valence-corrected chi connectivity index (χ3v) is 4.94. The van der Waals surface area contributed by atoms with Gasteiger partial charge in [0.2, 0.25) is 5.43 Å². The fourth-order valence-corrected chi connectivity index (χ4v) is 3.50. The van der Waals surface area contributed by atoms with E-state index >= 15 is 0 Å². The molecule has 0 saturated heterocycles. The molecule has 0 aliphatic rings. The van der Waals surface area contributed by atoms with Gasteiger partial charge in [-0.2, -0.15) is 0 Å². The number of methoxy groups -OCH3 is 2. The molecule has 31 heavy (non-hydrogen) atoms. The first-order chi connectivity index (χ1) is 15.0. The lowest BCUT2D eigenvalue weighted by molar-refractivity contribution is 0.0727. The van der Waals surface area contributed by atoms with E-state index in [0.29, 0.717) is 33.8 Å². The zero-order valence-electron chi connectivity index (χ0n) is 17.3. The summed E-state index contributed by atoms with van der Waals surface area (Å²) in [5, 5.41) is 0.402. The highest BCUT2D eigenvalue weighted by atomic mass is 16.5. The van der Waals surface area contributed by atoms with Crippen LogP contribution in [-0.4, -0.2) is 20.2 Å². The third-order valence-electron chi connectivity index (χ3n) is 4.94. The Labute approximate surface area is 178 Å². The summed E-state index contributed by atoms with van der Waals surface area (Å²) in [6.07, 6.45) is 0. The van der Waals surface area contributed by atoms with Crippen LogP contribution in [0.2, 0.25) is 0 Å². The molecule has 0 bridgehead atoms. The number of carbonyl (C=O) groups excluding carboxylic acids is 1. The molecule has 0 atom stereocenters. The van der Waals surface area contributed by atoms with Crippen LogP contribution in [0, 0.1) is 6.92 Å². The van der Waals surface area contributed by atoms with Crippen LogP contribution in [0.5, 0.6) is 17.2 Å². The number of hydrogen-bond acceptors (Lipinski definition) is 6. The number of benzene rings is 3. The van der Waals surface area contributed by atoms with Crippen molar-refractivity contribution in [3.63, 3.8) is 0 Å². The second-order valence-electron chi connectivity index (χ2n) is 6.81. The van der Waals surface area contributed by atoms with E-state index in [0.717, 1.165) is 5.56 Å². The molecule has 0 amide bonds. The molecule has 1 heterocycles. The van der Waals surface area contributed by atoms with Gasteiger partial charge in [-0.05, 0) is 36.8 Å². The van der Waals surface area contributed by atoms with E-state index in [1.165, 1.54) is 20.3 Å². The van der Waals surface area contributed by atoms with Crippen LogP contribution < -0.4 is 19.6 Å². The average molecular weight is 416 g/mol. The van der Waals surface area contributed by atoms with E-state index in [1.54, 1.807) is 37.3 Å². The normalized spacial score (nSPS) is 10.7. The number of esters is 1. The maximum absolute atomic E-state index is 13.1. The first kappa shape index (κ1) is 20.2. The Kier molecular flexibility index (Phi) is 5.45. The number of ether oxygens (including phenoxy) is 3. The predicted octanol–water partition coefficient (Wildman–Crippen LogP) is 5.00. The minimum Gasteiger partial charge on any atom is -0.496 e. The molecule has 0 saturated carbocycles. The molecule has 0 radical (unpaired) electrons. The van der Waals surface area contributed by atoms with Crippen molar-refractivity contribution >= 4 is 16.9 Å². The minimum absolute atomic E-state index is 0.144. The lowest BCUT2D eigenvalue weighted by atomic mass is 10.0. The Morgan fingerprint density at radius 3 is 2.19 bits per heavy atom. The van der Waals surface area contributed by atoms with E-state index in [-0.39, 0.29) is 16.7 Å². The van der Waals surface area contributed by atoms with Gasteiger partial charge in [0.25, 0.3) is 0 Å². The second-order valence-corrected chi connectivity index (χ2v) is 6.81. The SMILES string of the molecule is COc1cccc(OC)c1C(=O)Oc1ccc2c(=O)c(-c3ccccc3)c(C)oc2c1. The summed E-state index contributed by atoms with van der Waals surface area (Å²) < 4.78 is 22.0. The summed E-state index contributed by atoms with van der Waals surface area (Å²) in [4.78, 5) is 25.9. The lowest BCUT2D eigenvalue weighted by Crippen LogP contribution is -2.12. The fraction of sp³-hybridized carbons (Fsp3) is 0.120. The van der Waals surface area contributed by atoms with Gasteiger partial charge in [-0.15, -0.1) is 0 Å². The molecule has 6 heteroatoms. The Morgan fingerprint density at radius 1 is 0.871 bits per heavy atom. The fourth-order valence-electron chi connectivity index (χ4n) is 3.50. The van der Waals surface area contributed by atoms with Gasteiger partial charge in [-0.25, -0.2) is 4.79 Å². The molecule has 4 rings (SSSR count). The number of hydrogen-bond donors (Lipinski definition) is 0. The highest BCUT2D eigenvalue weighted by Gasteiger charge is 2.21. The lowest BCUT2D eigenvalue weighted by Gasteiger charge is -2.12. The molecule has 1 aromatic heterocycles. The molecule has 0 N–H and O–H groups in total. The Bertz CT molecular complexity index is 1300. The quantitative estimate of drug-likeness (QED) is 0.336. The molecule has 0 spiro atoms. The highest BCUT2D eigenvalue weighted by Crippen LogP contribution is 2.31. The van der Waals surface area contributed by atoms with Crippen LogP contribution in [-0.2, 0) is 0 Å². The number of rotatable bonds is 5. The maximum Gasteiger partial charge on any atom is 0.351 e. The van der Waals surface area contributed by atoms with Crippen LogP contribution >= 0.6 is 0 Å². The first-order valence-electron chi connectivity index (χ1n) is 9.59. The van der Waals surface area contributed by atoms with E-state index < -0.39 is 5.97 Å². The van der Waals surface area contributed by atoms with E-state index in [4.69, 9.17) is 18.6 Å². The van der Waals surface area contributed by atoms with Gasteiger partial charge in [-0.3, -0.25) is 4.79 Å². The van der Waals surface area contributed by atoms with Crippen molar-refractivity contribution in [3.8, 4) is 28.4 Å². The zero-order valence-corrected chi connectivity index (χ0v) is 17.3. The number of aryl methyl sites for hydroxylation is 1. The molecule has 4 aromatic rings.